The minimum absolute atomic E-state index is 0.0907. The van der Waals surface area contributed by atoms with E-state index in [-0.39, 0.29) is 25.7 Å². The monoisotopic (exact) mass is 301 g/mol. The summed E-state index contributed by atoms with van der Waals surface area (Å²) in [6.45, 7) is -0.652. The van der Waals surface area contributed by atoms with Crippen LogP contribution >= 0.6 is 0 Å². The van der Waals surface area contributed by atoms with Gasteiger partial charge in [-0.25, -0.2) is 4.79 Å². The largest absolute Gasteiger partial charge is 0.480 e. The van der Waals surface area contributed by atoms with Gasteiger partial charge in [-0.2, -0.15) is 0 Å². The predicted octanol–water partition coefficient (Wildman–Crippen LogP) is -0.476. The molecule has 0 aliphatic heterocycles. The summed E-state index contributed by atoms with van der Waals surface area (Å²) in [5.41, 5.74) is 0. The molecule has 1 aliphatic carbocycles. The molecule has 0 radical (unpaired) electrons. The molecule has 120 valence electrons. The molecule has 0 spiro atoms. The summed E-state index contributed by atoms with van der Waals surface area (Å²) >= 11 is 0. The minimum Gasteiger partial charge on any atom is -0.480 e. The molecule has 21 heavy (non-hydrogen) atoms. The van der Waals surface area contributed by atoms with Gasteiger partial charge in [0.25, 0.3) is 0 Å². The van der Waals surface area contributed by atoms with Crippen LogP contribution in [0.15, 0.2) is 0 Å². The van der Waals surface area contributed by atoms with Gasteiger partial charge in [0.05, 0.1) is 13.2 Å². The summed E-state index contributed by atoms with van der Waals surface area (Å²) in [6, 6.07) is -0.311. The summed E-state index contributed by atoms with van der Waals surface area (Å²) < 4.78 is 0. The highest BCUT2D eigenvalue weighted by Crippen LogP contribution is 2.22. The number of hydrogen-bond acceptors (Lipinski definition) is 4. The fourth-order valence-electron chi connectivity index (χ4n) is 2.44. The summed E-state index contributed by atoms with van der Waals surface area (Å²) in [5.74, 6) is -1.70. The van der Waals surface area contributed by atoms with Gasteiger partial charge in [-0.05, 0) is 12.8 Å². The fraction of sp³-hybridized carbons (Fsp3) is 0.769. The van der Waals surface area contributed by atoms with Crippen LogP contribution in [-0.2, 0) is 9.59 Å². The molecule has 3 amide bonds. The zero-order valence-electron chi connectivity index (χ0n) is 12.0. The molecule has 1 rings (SSSR count). The molecule has 1 saturated carbocycles. The number of carboxylic acids is 1. The van der Waals surface area contributed by atoms with E-state index in [9.17, 15) is 14.4 Å². The van der Waals surface area contributed by atoms with E-state index in [4.69, 9.17) is 10.2 Å². The summed E-state index contributed by atoms with van der Waals surface area (Å²) in [6.07, 6.45) is 5.07. The van der Waals surface area contributed by atoms with Gasteiger partial charge in [0.2, 0.25) is 5.91 Å². The number of urea groups is 1. The Hall–Kier alpha value is -1.83. The van der Waals surface area contributed by atoms with Gasteiger partial charge >= 0.3 is 12.0 Å². The highest BCUT2D eigenvalue weighted by atomic mass is 16.4. The zero-order chi connectivity index (χ0) is 15.7. The molecule has 0 aromatic heterocycles. The highest BCUT2D eigenvalue weighted by molar-refractivity contribution is 5.86. The predicted molar refractivity (Wildman–Crippen MR) is 74.7 cm³/mol. The minimum atomic E-state index is -1.14. The van der Waals surface area contributed by atoms with Crippen LogP contribution in [0, 0.1) is 0 Å². The molecule has 1 fully saturated rings. The van der Waals surface area contributed by atoms with Gasteiger partial charge in [-0.1, -0.05) is 19.3 Å². The van der Waals surface area contributed by atoms with Crippen molar-refractivity contribution in [3.8, 4) is 0 Å². The summed E-state index contributed by atoms with van der Waals surface area (Å²) in [5, 5.41) is 22.1. The number of nitrogens with one attached hydrogen (secondary N) is 2. The molecular formula is C13H23N3O5. The Morgan fingerprint density at radius 2 is 1.71 bits per heavy atom. The number of aliphatic hydroxyl groups is 1. The maximum atomic E-state index is 12.1. The number of amides is 3. The second kappa shape index (κ2) is 9.17. The number of rotatable bonds is 7. The van der Waals surface area contributed by atoms with Gasteiger partial charge in [-0.3, -0.25) is 9.59 Å². The van der Waals surface area contributed by atoms with Crippen LogP contribution in [0.1, 0.15) is 32.1 Å². The molecule has 0 aromatic carbocycles. The molecular weight excluding hydrogens is 278 g/mol. The van der Waals surface area contributed by atoms with Crippen molar-refractivity contribution in [3.63, 3.8) is 0 Å². The molecule has 0 bridgehead atoms. The van der Waals surface area contributed by atoms with E-state index in [0.717, 1.165) is 32.1 Å². The van der Waals surface area contributed by atoms with Gasteiger partial charge in [0.1, 0.15) is 6.54 Å². The Balaban J connectivity index is 2.41. The molecule has 1 aliphatic rings. The lowest BCUT2D eigenvalue weighted by Gasteiger charge is -2.33. The van der Waals surface area contributed by atoms with Crippen molar-refractivity contribution >= 4 is 17.9 Å². The Morgan fingerprint density at radius 1 is 1.05 bits per heavy atom. The second-order valence-corrected chi connectivity index (χ2v) is 5.04. The Morgan fingerprint density at radius 3 is 2.29 bits per heavy atom. The zero-order valence-corrected chi connectivity index (χ0v) is 12.0. The van der Waals surface area contributed by atoms with Crippen LogP contribution in [0.5, 0.6) is 0 Å². The number of aliphatic hydroxyl groups excluding tert-OH is 1. The second-order valence-electron chi connectivity index (χ2n) is 5.04. The average molecular weight is 301 g/mol. The van der Waals surface area contributed by atoms with Crippen LogP contribution in [0.25, 0.3) is 0 Å². The number of aliphatic carboxylic acids is 1. The van der Waals surface area contributed by atoms with Gasteiger partial charge in [-0.15, -0.1) is 0 Å². The normalized spacial score (nSPS) is 15.3. The van der Waals surface area contributed by atoms with Gasteiger partial charge in [0.15, 0.2) is 0 Å². The van der Waals surface area contributed by atoms with Gasteiger partial charge < -0.3 is 25.7 Å². The third-order valence-electron chi connectivity index (χ3n) is 3.45. The van der Waals surface area contributed by atoms with E-state index < -0.39 is 24.5 Å². The number of hydrogen-bond donors (Lipinski definition) is 4. The number of nitrogens with zero attached hydrogens (tertiary/aromatic N) is 1. The molecule has 8 nitrogen and oxygen atoms in total. The molecule has 0 aromatic rings. The maximum Gasteiger partial charge on any atom is 0.322 e. The van der Waals surface area contributed by atoms with Crippen LogP contribution in [-0.4, -0.2) is 65.3 Å². The molecule has 0 heterocycles. The highest BCUT2D eigenvalue weighted by Gasteiger charge is 2.25. The first-order chi connectivity index (χ1) is 10.0. The van der Waals surface area contributed by atoms with E-state index >= 15 is 0 Å². The van der Waals surface area contributed by atoms with Crippen molar-refractivity contribution in [2.75, 3.05) is 26.2 Å². The Bertz CT molecular complexity index is 369. The first-order valence-electron chi connectivity index (χ1n) is 7.18. The first-order valence-corrected chi connectivity index (χ1v) is 7.18. The molecule has 4 N–H and O–H groups in total. The maximum absolute atomic E-state index is 12.1. The lowest BCUT2D eigenvalue weighted by atomic mass is 9.94. The third-order valence-corrected chi connectivity index (χ3v) is 3.45. The SMILES string of the molecule is O=C(O)CNC(=O)CNC(=O)N(CCO)C1CCCCC1. The van der Waals surface area contributed by atoms with E-state index in [0.29, 0.717) is 0 Å². The van der Waals surface area contributed by atoms with Crippen molar-refractivity contribution in [2.24, 2.45) is 0 Å². The van der Waals surface area contributed by atoms with Crippen molar-refractivity contribution in [3.05, 3.63) is 0 Å². The lowest BCUT2D eigenvalue weighted by Crippen LogP contribution is -2.50. The molecule has 8 heteroatoms. The molecule has 0 atom stereocenters. The summed E-state index contributed by atoms with van der Waals surface area (Å²) in [4.78, 5) is 35.3. The van der Waals surface area contributed by atoms with E-state index in [1.165, 1.54) is 0 Å². The lowest BCUT2D eigenvalue weighted by molar-refractivity contribution is -0.137. The smallest absolute Gasteiger partial charge is 0.322 e. The van der Waals surface area contributed by atoms with Crippen molar-refractivity contribution in [2.45, 2.75) is 38.1 Å². The quantitative estimate of drug-likeness (QED) is 0.506. The van der Waals surface area contributed by atoms with E-state index in [1.807, 2.05) is 0 Å². The Kier molecular flexibility index (Phi) is 7.52. The van der Waals surface area contributed by atoms with E-state index in [1.54, 1.807) is 4.90 Å². The van der Waals surface area contributed by atoms with Crippen LogP contribution in [0.2, 0.25) is 0 Å². The first kappa shape index (κ1) is 17.2. The van der Waals surface area contributed by atoms with E-state index in [2.05, 4.69) is 10.6 Å². The third kappa shape index (κ3) is 6.44. The average Bonchev–Trinajstić information content (AvgIpc) is 2.49. The van der Waals surface area contributed by atoms with Crippen molar-refractivity contribution in [1.29, 1.82) is 0 Å². The number of carboxylic acid groups (broad SMARTS) is 1. The molecule has 0 unspecified atom stereocenters. The van der Waals surface area contributed by atoms with Crippen LogP contribution < -0.4 is 10.6 Å². The fourth-order valence-corrected chi connectivity index (χ4v) is 2.44. The topological polar surface area (TPSA) is 119 Å². The summed E-state index contributed by atoms with van der Waals surface area (Å²) in [7, 11) is 0. The van der Waals surface area contributed by atoms with Crippen LogP contribution in [0.4, 0.5) is 4.79 Å². The number of carbonyl (C=O) groups is 3. The standard InChI is InChI=1S/C13H23N3O5/c17-7-6-16(10-4-2-1-3-5-10)13(21)15-8-11(18)14-9-12(19)20/h10,17H,1-9H2,(H,14,18)(H,15,21)(H,19,20). The van der Waals surface area contributed by atoms with Gasteiger partial charge in [0, 0.05) is 12.6 Å². The van der Waals surface area contributed by atoms with Crippen LogP contribution in [0.3, 0.4) is 0 Å². The molecule has 0 saturated heterocycles. The Labute approximate surface area is 123 Å². The van der Waals surface area contributed by atoms with Crippen molar-refractivity contribution < 1.29 is 24.6 Å². The number of carbonyl (C=O) groups excluding carboxylic acids is 2. The van der Waals surface area contributed by atoms with Crippen molar-refractivity contribution in [1.82, 2.24) is 15.5 Å².